The van der Waals surface area contributed by atoms with Crippen LogP contribution in [-0.2, 0) is 20.9 Å². The molecule has 1 unspecified atom stereocenters. The molecule has 0 aromatic carbocycles. The van der Waals surface area contributed by atoms with Crippen molar-refractivity contribution in [2.45, 2.75) is 95.7 Å². The standard InChI is InChI=1S/C29H40ClF2N5O3S/c1-8-9-29(31,32)22-12-20-19(13-34-22)28(6,7)17-37(20)23(38)16-35-14-18(2)36(26(39)40-27(3,4)5)15-21(35)24(30)25-33-10-11-41-25/h10-13,18,21,24H,8-9,14-17H2,1-7H3/t18-,21-,24?/m1/s1. The normalized spacial score (nSPS) is 22.0. The first-order valence-electron chi connectivity index (χ1n) is 14.0. The zero-order valence-corrected chi connectivity index (χ0v) is 26.4. The van der Waals surface area contributed by atoms with E-state index in [1.807, 2.05) is 51.8 Å². The number of fused-ring (bicyclic) bond motifs is 1. The Balaban J connectivity index is 1.61. The predicted octanol–water partition coefficient (Wildman–Crippen LogP) is 6.34. The molecular formula is C29H40ClF2N5O3S. The number of carbonyl (C=O) groups excluding carboxylic acids is 2. The first-order valence-corrected chi connectivity index (χ1v) is 15.3. The Labute approximate surface area is 250 Å². The first kappa shape index (κ1) is 31.6. The fourth-order valence-corrected chi connectivity index (χ4v) is 6.64. The molecule has 2 aliphatic rings. The van der Waals surface area contributed by atoms with Crippen LogP contribution in [0.15, 0.2) is 23.8 Å². The highest BCUT2D eigenvalue weighted by Gasteiger charge is 2.44. The summed E-state index contributed by atoms with van der Waals surface area (Å²) in [7, 11) is 0. The molecule has 0 saturated carbocycles. The molecule has 4 heterocycles. The molecule has 0 radical (unpaired) electrons. The third-order valence-corrected chi connectivity index (χ3v) is 9.06. The lowest BCUT2D eigenvalue weighted by molar-refractivity contribution is -0.121. The lowest BCUT2D eigenvalue weighted by Gasteiger charge is -2.46. The zero-order chi connectivity index (χ0) is 30.3. The van der Waals surface area contributed by atoms with Gasteiger partial charge in [0.2, 0.25) is 5.91 Å². The lowest BCUT2D eigenvalue weighted by Crippen LogP contribution is -2.62. The van der Waals surface area contributed by atoms with Crippen LogP contribution >= 0.6 is 22.9 Å². The predicted molar refractivity (Wildman–Crippen MR) is 157 cm³/mol. The number of pyridine rings is 1. The van der Waals surface area contributed by atoms with Gasteiger partial charge in [0, 0.05) is 60.8 Å². The van der Waals surface area contributed by atoms with Crippen LogP contribution in [-0.4, -0.2) is 75.6 Å². The lowest BCUT2D eigenvalue weighted by atomic mass is 9.88. The Morgan fingerprint density at radius 1 is 1.24 bits per heavy atom. The number of alkyl halides is 3. The highest BCUT2D eigenvalue weighted by Crippen LogP contribution is 2.43. The van der Waals surface area contributed by atoms with E-state index in [9.17, 15) is 18.4 Å². The van der Waals surface area contributed by atoms with Gasteiger partial charge in [-0.15, -0.1) is 22.9 Å². The number of amides is 2. The Morgan fingerprint density at radius 2 is 1.95 bits per heavy atom. The monoisotopic (exact) mass is 611 g/mol. The summed E-state index contributed by atoms with van der Waals surface area (Å²) in [6.45, 7) is 14.0. The van der Waals surface area contributed by atoms with Crippen molar-refractivity contribution in [3.05, 3.63) is 40.1 Å². The van der Waals surface area contributed by atoms with Gasteiger partial charge in [-0.2, -0.15) is 8.78 Å². The second-order valence-corrected chi connectivity index (χ2v) is 14.1. The van der Waals surface area contributed by atoms with Crippen LogP contribution in [0.3, 0.4) is 0 Å². The molecule has 12 heteroatoms. The van der Waals surface area contributed by atoms with E-state index in [2.05, 4.69) is 9.97 Å². The Morgan fingerprint density at radius 3 is 2.56 bits per heavy atom. The van der Waals surface area contributed by atoms with Gasteiger partial charge in [0.15, 0.2) is 0 Å². The summed E-state index contributed by atoms with van der Waals surface area (Å²) in [6.07, 6.45) is 2.72. The van der Waals surface area contributed by atoms with E-state index in [4.69, 9.17) is 16.3 Å². The molecule has 2 aliphatic heterocycles. The van der Waals surface area contributed by atoms with Crippen molar-refractivity contribution >= 4 is 40.6 Å². The van der Waals surface area contributed by atoms with Gasteiger partial charge in [0.05, 0.1) is 18.3 Å². The molecule has 0 aliphatic carbocycles. The van der Waals surface area contributed by atoms with Crippen molar-refractivity contribution in [1.29, 1.82) is 0 Å². The van der Waals surface area contributed by atoms with E-state index in [1.54, 1.807) is 22.9 Å². The van der Waals surface area contributed by atoms with Crippen LogP contribution in [0.4, 0.5) is 19.3 Å². The van der Waals surface area contributed by atoms with Crippen LogP contribution in [0.5, 0.6) is 0 Å². The molecule has 2 amide bonds. The third kappa shape index (κ3) is 6.83. The summed E-state index contributed by atoms with van der Waals surface area (Å²) in [5, 5.41) is 1.95. The summed E-state index contributed by atoms with van der Waals surface area (Å²) < 4.78 is 35.3. The Bertz CT molecular complexity index is 1250. The largest absolute Gasteiger partial charge is 0.444 e. The van der Waals surface area contributed by atoms with Crippen molar-refractivity contribution in [2.75, 3.05) is 31.1 Å². The number of piperazine rings is 1. The number of nitrogens with zero attached hydrogens (tertiary/aromatic N) is 5. The van der Waals surface area contributed by atoms with Crippen molar-refractivity contribution in [3.8, 4) is 0 Å². The SMILES string of the molecule is CCCC(F)(F)c1cc2c(cn1)C(C)(C)CN2C(=O)CN1C[C@@H](C)N(C(=O)OC(C)(C)C)C[C@@H]1C(Cl)c1nccs1. The van der Waals surface area contributed by atoms with Crippen molar-refractivity contribution in [3.63, 3.8) is 0 Å². The van der Waals surface area contributed by atoms with Crippen LogP contribution < -0.4 is 4.90 Å². The number of halogens is 3. The number of anilines is 1. The van der Waals surface area contributed by atoms with Gasteiger partial charge in [0.25, 0.3) is 5.92 Å². The summed E-state index contributed by atoms with van der Waals surface area (Å²) in [5.41, 5.74) is -0.198. The fraction of sp³-hybridized carbons (Fsp3) is 0.655. The smallest absolute Gasteiger partial charge is 0.410 e. The minimum atomic E-state index is -3.08. The van der Waals surface area contributed by atoms with Gasteiger partial charge < -0.3 is 14.5 Å². The molecule has 0 N–H and O–H groups in total. The molecular weight excluding hydrogens is 572 g/mol. The second kappa shape index (κ2) is 11.7. The van der Waals surface area contributed by atoms with Crippen molar-refractivity contribution < 1.29 is 23.1 Å². The van der Waals surface area contributed by atoms with E-state index in [0.29, 0.717) is 30.2 Å². The zero-order valence-electron chi connectivity index (χ0n) is 24.8. The van der Waals surface area contributed by atoms with Gasteiger partial charge in [-0.05, 0) is 33.8 Å². The Kier molecular flexibility index (Phi) is 9.02. The Hall–Kier alpha value is -2.37. The summed E-state index contributed by atoms with van der Waals surface area (Å²) in [4.78, 5) is 40.7. The van der Waals surface area contributed by atoms with Gasteiger partial charge in [0.1, 0.15) is 21.7 Å². The molecule has 41 heavy (non-hydrogen) atoms. The van der Waals surface area contributed by atoms with Crippen LogP contribution in [0.1, 0.15) is 82.9 Å². The van der Waals surface area contributed by atoms with E-state index in [0.717, 1.165) is 5.56 Å². The number of carbonyl (C=O) groups is 2. The number of hydrogen-bond donors (Lipinski definition) is 0. The number of hydrogen-bond acceptors (Lipinski definition) is 7. The van der Waals surface area contributed by atoms with Crippen LogP contribution in [0.2, 0.25) is 0 Å². The maximum absolute atomic E-state index is 14.8. The fourth-order valence-electron chi connectivity index (χ4n) is 5.52. The number of thiazole rings is 1. The molecule has 0 spiro atoms. The van der Waals surface area contributed by atoms with Gasteiger partial charge in [-0.3, -0.25) is 14.7 Å². The third-order valence-electron chi connectivity index (χ3n) is 7.57. The van der Waals surface area contributed by atoms with Crippen molar-refractivity contribution in [2.24, 2.45) is 0 Å². The van der Waals surface area contributed by atoms with E-state index >= 15 is 0 Å². The highest BCUT2D eigenvalue weighted by molar-refractivity contribution is 7.09. The van der Waals surface area contributed by atoms with Gasteiger partial charge in [-0.1, -0.05) is 27.2 Å². The minimum absolute atomic E-state index is 0.00426. The average molecular weight is 612 g/mol. The quantitative estimate of drug-likeness (QED) is 0.340. The van der Waals surface area contributed by atoms with Gasteiger partial charge in [-0.25, -0.2) is 9.78 Å². The molecule has 0 bridgehead atoms. The van der Waals surface area contributed by atoms with Crippen LogP contribution in [0, 0.1) is 0 Å². The van der Waals surface area contributed by atoms with Crippen molar-refractivity contribution in [1.82, 2.24) is 19.8 Å². The molecule has 2 aromatic rings. The molecule has 2 aromatic heterocycles. The summed E-state index contributed by atoms with van der Waals surface area (Å²) in [5.74, 6) is -3.30. The van der Waals surface area contributed by atoms with E-state index in [-0.39, 0.29) is 37.2 Å². The van der Waals surface area contributed by atoms with Crippen LogP contribution in [0.25, 0.3) is 0 Å². The number of rotatable bonds is 7. The average Bonchev–Trinajstić information content (AvgIpc) is 3.49. The summed E-state index contributed by atoms with van der Waals surface area (Å²) >= 11 is 8.36. The number of aromatic nitrogens is 2. The second-order valence-electron chi connectivity index (χ2n) is 12.7. The maximum atomic E-state index is 14.8. The van der Waals surface area contributed by atoms with E-state index < -0.39 is 34.5 Å². The molecule has 1 fully saturated rings. The topological polar surface area (TPSA) is 78.9 Å². The van der Waals surface area contributed by atoms with E-state index in [1.165, 1.54) is 23.6 Å². The molecule has 1 saturated heterocycles. The minimum Gasteiger partial charge on any atom is -0.444 e. The molecule has 3 atom stereocenters. The number of ether oxygens (including phenoxy) is 1. The molecule has 4 rings (SSSR count). The molecule has 8 nitrogen and oxygen atoms in total. The molecule has 226 valence electrons. The first-order chi connectivity index (χ1) is 19.0. The van der Waals surface area contributed by atoms with Gasteiger partial charge >= 0.3 is 6.09 Å². The maximum Gasteiger partial charge on any atom is 0.410 e. The highest BCUT2D eigenvalue weighted by atomic mass is 35.5. The summed E-state index contributed by atoms with van der Waals surface area (Å²) in [6, 6.07) is 0.699.